The minimum atomic E-state index is -1.03. The fourth-order valence-corrected chi connectivity index (χ4v) is 4.56. The molecule has 2 aliphatic heterocycles. The molecule has 0 saturated carbocycles. The van der Waals surface area contributed by atoms with E-state index < -0.39 is 30.1 Å². The summed E-state index contributed by atoms with van der Waals surface area (Å²) < 4.78 is 5.57. The van der Waals surface area contributed by atoms with Gasteiger partial charge in [0, 0.05) is 18.6 Å². The predicted octanol–water partition coefficient (Wildman–Crippen LogP) is 1.53. The average molecular weight is 418 g/mol. The molecular formula is C22H30N2O6. The van der Waals surface area contributed by atoms with Crippen LogP contribution in [-0.4, -0.2) is 70.8 Å². The number of aliphatic carboxylic acids is 2. The lowest BCUT2D eigenvalue weighted by Gasteiger charge is -2.33. The number of nitrogens with one attached hydrogen (secondary N) is 1. The maximum absolute atomic E-state index is 13.1. The van der Waals surface area contributed by atoms with E-state index in [0.717, 1.165) is 18.4 Å². The van der Waals surface area contributed by atoms with Crippen molar-refractivity contribution in [2.24, 2.45) is 5.41 Å². The molecule has 0 radical (unpaired) electrons. The molecular weight excluding hydrogens is 388 g/mol. The molecule has 8 heteroatoms. The Bertz CT molecular complexity index is 762. The van der Waals surface area contributed by atoms with Crippen LogP contribution < -0.4 is 5.32 Å². The number of hydrogen-bond acceptors (Lipinski definition) is 5. The van der Waals surface area contributed by atoms with Crippen LogP contribution in [-0.2, 0) is 25.5 Å². The van der Waals surface area contributed by atoms with Crippen LogP contribution in [0.1, 0.15) is 38.2 Å². The van der Waals surface area contributed by atoms with E-state index in [1.807, 2.05) is 30.3 Å². The molecule has 1 aromatic rings. The largest absolute Gasteiger partial charge is 0.480 e. The van der Waals surface area contributed by atoms with E-state index in [1.54, 1.807) is 6.92 Å². The summed E-state index contributed by atoms with van der Waals surface area (Å²) in [6.45, 7) is 3.04. The molecule has 0 aliphatic carbocycles. The highest BCUT2D eigenvalue weighted by atomic mass is 16.5. The quantitative estimate of drug-likeness (QED) is 0.586. The molecule has 2 aliphatic rings. The molecule has 4 atom stereocenters. The van der Waals surface area contributed by atoms with Gasteiger partial charge in [-0.05, 0) is 44.6 Å². The molecule has 2 fully saturated rings. The van der Waals surface area contributed by atoms with Crippen LogP contribution in [0, 0.1) is 5.41 Å². The second-order valence-corrected chi connectivity index (χ2v) is 8.48. The highest BCUT2D eigenvalue weighted by Gasteiger charge is 2.50. The standard InChI is InChI=1S/C22H30N2O6/c1-15(23-17(20(26)27)9-8-16-6-3-2-4-7-16)19(25)24-13-22(10-5-11-30-14-22)12-18(24)21(28)29/h2-4,6-7,15,17-18,23H,5,8-14H2,1H3,(H,26,27)(H,28,29)/t15-,17?,18?,22?/m0/s1. The summed E-state index contributed by atoms with van der Waals surface area (Å²) in [5, 5.41) is 22.1. The molecule has 3 N–H and O–H groups in total. The van der Waals surface area contributed by atoms with Gasteiger partial charge >= 0.3 is 11.9 Å². The summed E-state index contributed by atoms with van der Waals surface area (Å²) in [5.74, 6) is -2.44. The van der Waals surface area contributed by atoms with E-state index in [4.69, 9.17) is 4.74 Å². The van der Waals surface area contributed by atoms with Crippen LogP contribution in [0.15, 0.2) is 30.3 Å². The third-order valence-corrected chi connectivity index (χ3v) is 6.16. The van der Waals surface area contributed by atoms with Crippen LogP contribution >= 0.6 is 0 Å². The number of benzene rings is 1. The highest BCUT2D eigenvalue weighted by Crippen LogP contribution is 2.41. The number of carboxylic acid groups (broad SMARTS) is 2. The number of carbonyl (C=O) groups excluding carboxylic acids is 1. The Kier molecular flexibility index (Phi) is 7.10. The predicted molar refractivity (Wildman–Crippen MR) is 109 cm³/mol. The average Bonchev–Trinajstić information content (AvgIpc) is 3.10. The SMILES string of the molecule is C[C@H](NC(CCc1ccccc1)C(=O)O)C(=O)N1CC2(CCCOC2)CC1C(=O)O. The van der Waals surface area contributed by atoms with Gasteiger partial charge in [-0.15, -0.1) is 0 Å². The van der Waals surface area contributed by atoms with E-state index in [9.17, 15) is 24.6 Å². The lowest BCUT2D eigenvalue weighted by Crippen LogP contribution is -2.53. The van der Waals surface area contributed by atoms with Crippen molar-refractivity contribution in [3.8, 4) is 0 Å². The number of carboxylic acids is 2. The monoisotopic (exact) mass is 418 g/mol. The first kappa shape index (κ1) is 22.2. The Morgan fingerprint density at radius 1 is 1.27 bits per heavy atom. The van der Waals surface area contributed by atoms with Gasteiger partial charge in [0.15, 0.2) is 0 Å². The Morgan fingerprint density at radius 3 is 2.60 bits per heavy atom. The fraction of sp³-hybridized carbons (Fsp3) is 0.591. The van der Waals surface area contributed by atoms with Crippen molar-refractivity contribution in [3.63, 3.8) is 0 Å². The molecule has 164 valence electrons. The third-order valence-electron chi connectivity index (χ3n) is 6.16. The molecule has 1 spiro atoms. The molecule has 3 unspecified atom stereocenters. The molecule has 2 heterocycles. The topological polar surface area (TPSA) is 116 Å². The molecule has 8 nitrogen and oxygen atoms in total. The zero-order valence-electron chi connectivity index (χ0n) is 17.3. The Hall–Kier alpha value is -2.45. The summed E-state index contributed by atoms with van der Waals surface area (Å²) in [7, 11) is 0. The number of aryl methyl sites for hydroxylation is 1. The molecule has 1 aromatic carbocycles. The normalized spacial score (nSPS) is 25.8. The zero-order valence-corrected chi connectivity index (χ0v) is 17.3. The fourth-order valence-electron chi connectivity index (χ4n) is 4.56. The van der Waals surface area contributed by atoms with Crippen molar-refractivity contribution >= 4 is 17.8 Å². The number of nitrogens with zero attached hydrogens (tertiary/aromatic N) is 1. The van der Waals surface area contributed by atoms with Gasteiger partial charge in [-0.2, -0.15) is 0 Å². The van der Waals surface area contributed by atoms with E-state index in [1.165, 1.54) is 4.90 Å². The number of amides is 1. The summed E-state index contributed by atoms with van der Waals surface area (Å²) in [6, 6.07) is 6.95. The number of rotatable bonds is 8. The summed E-state index contributed by atoms with van der Waals surface area (Å²) in [4.78, 5) is 38.0. The molecule has 0 bridgehead atoms. The molecule has 3 rings (SSSR count). The van der Waals surface area contributed by atoms with Gasteiger partial charge in [-0.25, -0.2) is 4.79 Å². The third kappa shape index (κ3) is 5.17. The van der Waals surface area contributed by atoms with Gasteiger partial charge < -0.3 is 19.8 Å². The van der Waals surface area contributed by atoms with E-state index in [0.29, 0.717) is 39.0 Å². The smallest absolute Gasteiger partial charge is 0.326 e. The lowest BCUT2D eigenvalue weighted by atomic mass is 9.80. The number of hydrogen-bond donors (Lipinski definition) is 3. The highest BCUT2D eigenvalue weighted by molar-refractivity contribution is 5.88. The number of ether oxygens (including phenoxy) is 1. The van der Waals surface area contributed by atoms with Crippen molar-refractivity contribution in [2.45, 2.75) is 57.2 Å². The van der Waals surface area contributed by atoms with E-state index in [2.05, 4.69) is 5.32 Å². The van der Waals surface area contributed by atoms with Gasteiger partial charge in [-0.1, -0.05) is 30.3 Å². The van der Waals surface area contributed by atoms with Gasteiger partial charge in [0.25, 0.3) is 0 Å². The van der Waals surface area contributed by atoms with Crippen molar-refractivity contribution in [2.75, 3.05) is 19.8 Å². The number of likely N-dealkylation sites (tertiary alicyclic amines) is 1. The molecule has 2 saturated heterocycles. The zero-order chi connectivity index (χ0) is 21.7. The van der Waals surface area contributed by atoms with Crippen LogP contribution in [0.2, 0.25) is 0 Å². The van der Waals surface area contributed by atoms with Crippen molar-refractivity contribution < 1.29 is 29.3 Å². The van der Waals surface area contributed by atoms with Crippen molar-refractivity contribution in [3.05, 3.63) is 35.9 Å². The van der Waals surface area contributed by atoms with Gasteiger partial charge in [0.2, 0.25) is 5.91 Å². The molecule has 1 amide bonds. The maximum atomic E-state index is 13.1. The number of carbonyl (C=O) groups is 3. The van der Waals surface area contributed by atoms with Crippen molar-refractivity contribution in [1.29, 1.82) is 0 Å². The Labute approximate surface area is 176 Å². The van der Waals surface area contributed by atoms with E-state index >= 15 is 0 Å². The van der Waals surface area contributed by atoms with Gasteiger partial charge in [0.05, 0.1) is 12.6 Å². The Morgan fingerprint density at radius 2 is 2.00 bits per heavy atom. The summed E-state index contributed by atoms with van der Waals surface area (Å²) >= 11 is 0. The minimum Gasteiger partial charge on any atom is -0.480 e. The Balaban J connectivity index is 1.64. The van der Waals surface area contributed by atoms with Crippen LogP contribution in [0.25, 0.3) is 0 Å². The molecule has 0 aromatic heterocycles. The first-order chi connectivity index (χ1) is 14.3. The first-order valence-electron chi connectivity index (χ1n) is 10.5. The van der Waals surface area contributed by atoms with Gasteiger partial charge in [-0.3, -0.25) is 14.9 Å². The van der Waals surface area contributed by atoms with Crippen molar-refractivity contribution in [1.82, 2.24) is 10.2 Å². The lowest BCUT2D eigenvalue weighted by molar-refractivity contribution is -0.149. The second-order valence-electron chi connectivity index (χ2n) is 8.48. The first-order valence-corrected chi connectivity index (χ1v) is 10.5. The van der Waals surface area contributed by atoms with Crippen LogP contribution in [0.3, 0.4) is 0 Å². The summed E-state index contributed by atoms with van der Waals surface area (Å²) in [5.41, 5.74) is 0.699. The summed E-state index contributed by atoms with van der Waals surface area (Å²) in [6.07, 6.45) is 2.95. The maximum Gasteiger partial charge on any atom is 0.326 e. The molecule has 30 heavy (non-hydrogen) atoms. The van der Waals surface area contributed by atoms with Gasteiger partial charge in [0.1, 0.15) is 12.1 Å². The van der Waals surface area contributed by atoms with Crippen LogP contribution in [0.5, 0.6) is 0 Å². The van der Waals surface area contributed by atoms with E-state index in [-0.39, 0.29) is 11.3 Å². The van der Waals surface area contributed by atoms with Crippen LogP contribution in [0.4, 0.5) is 0 Å². The minimum absolute atomic E-state index is 0.323. The second kappa shape index (κ2) is 9.57.